The second-order valence-electron chi connectivity index (χ2n) is 5.01. The molecule has 0 spiro atoms. The summed E-state index contributed by atoms with van der Waals surface area (Å²) in [4.78, 5) is 9.68. The molecule has 0 fully saturated rings. The van der Waals surface area contributed by atoms with Crippen LogP contribution in [0.25, 0.3) is 0 Å². The van der Waals surface area contributed by atoms with Gasteiger partial charge in [0.1, 0.15) is 0 Å². The second-order valence-corrected chi connectivity index (χ2v) is 6.33. The van der Waals surface area contributed by atoms with Crippen LogP contribution in [0.4, 0.5) is 5.69 Å². The highest BCUT2D eigenvalue weighted by Crippen LogP contribution is 2.24. The van der Waals surface area contributed by atoms with Gasteiger partial charge in [-0.15, -0.1) is 35.3 Å². The van der Waals surface area contributed by atoms with Gasteiger partial charge in [0.2, 0.25) is 0 Å². The predicted molar refractivity (Wildman–Crippen MR) is 99.7 cm³/mol. The van der Waals surface area contributed by atoms with Gasteiger partial charge in [-0.25, -0.2) is 9.98 Å². The Morgan fingerprint density at radius 1 is 1.38 bits per heavy atom. The first-order valence-corrected chi connectivity index (χ1v) is 7.62. The van der Waals surface area contributed by atoms with Gasteiger partial charge in [0, 0.05) is 16.8 Å². The smallest absolute Gasteiger partial charge is 0.193 e. The highest BCUT2D eigenvalue weighted by atomic mass is 127. The average Bonchev–Trinajstić information content (AvgIpc) is 3.04. The molecule has 3 N–H and O–H groups in total. The van der Waals surface area contributed by atoms with Gasteiger partial charge < -0.3 is 11.1 Å². The number of rotatable bonds is 3. The van der Waals surface area contributed by atoms with Gasteiger partial charge in [0.25, 0.3) is 0 Å². The minimum Gasteiger partial charge on any atom is -0.370 e. The van der Waals surface area contributed by atoms with E-state index in [0.29, 0.717) is 12.5 Å². The van der Waals surface area contributed by atoms with Crippen molar-refractivity contribution in [2.45, 2.75) is 32.7 Å². The number of aryl methyl sites for hydroxylation is 3. The van der Waals surface area contributed by atoms with Crippen molar-refractivity contribution in [3.63, 3.8) is 0 Å². The van der Waals surface area contributed by atoms with Gasteiger partial charge in [0.05, 0.1) is 11.6 Å². The van der Waals surface area contributed by atoms with E-state index >= 15 is 0 Å². The molecule has 0 unspecified atom stereocenters. The Kier molecular flexibility index (Phi) is 5.58. The molecule has 1 aliphatic carbocycles. The maximum atomic E-state index is 5.93. The van der Waals surface area contributed by atoms with E-state index in [-0.39, 0.29) is 24.0 Å². The van der Waals surface area contributed by atoms with Crippen molar-refractivity contribution in [2.75, 3.05) is 5.32 Å². The molecule has 1 aliphatic rings. The minimum atomic E-state index is 0. The molecule has 0 bridgehead atoms. The van der Waals surface area contributed by atoms with Gasteiger partial charge in [-0.3, -0.25) is 0 Å². The third-order valence-corrected chi connectivity index (χ3v) is 4.34. The van der Waals surface area contributed by atoms with Crippen LogP contribution in [0.2, 0.25) is 0 Å². The summed E-state index contributed by atoms with van der Waals surface area (Å²) in [6, 6.07) is 6.44. The Bertz CT molecular complexity index is 651. The minimum absolute atomic E-state index is 0. The van der Waals surface area contributed by atoms with Crippen LogP contribution in [-0.4, -0.2) is 10.9 Å². The van der Waals surface area contributed by atoms with E-state index in [2.05, 4.69) is 33.5 Å². The molecular formula is C15H19IN4S. The fourth-order valence-corrected chi connectivity index (χ4v) is 3.20. The third-order valence-electron chi connectivity index (χ3n) is 3.45. The number of halogens is 1. The number of hydrogen-bond donors (Lipinski definition) is 2. The van der Waals surface area contributed by atoms with Gasteiger partial charge in [-0.05, 0) is 49.4 Å². The number of aromatic nitrogens is 1. The maximum Gasteiger partial charge on any atom is 0.193 e. The second kappa shape index (κ2) is 7.22. The Morgan fingerprint density at radius 3 is 2.95 bits per heavy atom. The number of fused-ring (bicyclic) bond motifs is 1. The number of aliphatic imine (C=N–C) groups is 1. The third kappa shape index (κ3) is 4.16. The predicted octanol–water partition coefficient (Wildman–Crippen LogP) is 3.49. The molecule has 1 aromatic heterocycles. The number of benzene rings is 1. The first-order chi connectivity index (χ1) is 9.70. The van der Waals surface area contributed by atoms with Crippen LogP contribution >= 0.6 is 35.3 Å². The first-order valence-electron chi connectivity index (χ1n) is 6.81. The fraction of sp³-hybridized carbons (Fsp3) is 0.333. The summed E-state index contributed by atoms with van der Waals surface area (Å²) in [5, 5.41) is 4.22. The lowest BCUT2D eigenvalue weighted by Gasteiger charge is -2.07. The highest BCUT2D eigenvalue weighted by molar-refractivity contribution is 14.0. The number of anilines is 1. The van der Waals surface area contributed by atoms with Gasteiger partial charge >= 0.3 is 0 Å². The Morgan fingerprint density at radius 2 is 2.19 bits per heavy atom. The zero-order valence-electron chi connectivity index (χ0n) is 11.9. The van der Waals surface area contributed by atoms with E-state index < -0.39 is 0 Å². The Hall–Kier alpha value is -1.15. The topological polar surface area (TPSA) is 63.3 Å². The fourth-order valence-electron chi connectivity index (χ4n) is 2.48. The van der Waals surface area contributed by atoms with Crippen LogP contribution in [0.15, 0.2) is 29.4 Å². The molecule has 0 radical (unpaired) electrons. The molecule has 6 heteroatoms. The summed E-state index contributed by atoms with van der Waals surface area (Å²) in [5.41, 5.74) is 9.84. The number of hydrogen-bond acceptors (Lipinski definition) is 3. The molecule has 1 heterocycles. The van der Waals surface area contributed by atoms with Gasteiger partial charge in [-0.1, -0.05) is 6.07 Å². The van der Waals surface area contributed by atoms with E-state index in [9.17, 15) is 0 Å². The molecule has 1 aromatic carbocycles. The van der Waals surface area contributed by atoms with Crippen LogP contribution in [0.1, 0.15) is 27.4 Å². The van der Waals surface area contributed by atoms with Crippen LogP contribution in [0.5, 0.6) is 0 Å². The zero-order valence-corrected chi connectivity index (χ0v) is 15.1. The number of thiazole rings is 1. The molecule has 2 aromatic rings. The molecule has 0 aliphatic heterocycles. The monoisotopic (exact) mass is 414 g/mol. The molecule has 0 saturated carbocycles. The standard InChI is InChI=1S/C15H18N4S.HI/c1-10-17-8-14(20-10)9-18-15(16)19-13-6-5-11-3-2-4-12(11)7-13;/h5-8H,2-4,9H2,1H3,(H3,16,18,19);1H. The SMILES string of the molecule is Cc1ncc(CN=C(N)Nc2ccc3c(c2)CCC3)s1.I. The summed E-state index contributed by atoms with van der Waals surface area (Å²) in [6.45, 7) is 2.57. The lowest BCUT2D eigenvalue weighted by Crippen LogP contribution is -2.22. The number of nitrogens with two attached hydrogens (primary N) is 1. The average molecular weight is 414 g/mol. The van der Waals surface area contributed by atoms with Crippen LogP contribution in [-0.2, 0) is 19.4 Å². The molecule has 4 nitrogen and oxygen atoms in total. The molecular weight excluding hydrogens is 395 g/mol. The van der Waals surface area contributed by atoms with Gasteiger partial charge in [0.15, 0.2) is 5.96 Å². The van der Waals surface area contributed by atoms with Crippen molar-refractivity contribution >= 4 is 47.0 Å². The van der Waals surface area contributed by atoms with E-state index in [4.69, 9.17) is 5.73 Å². The Labute approximate surface area is 145 Å². The summed E-state index contributed by atoms with van der Waals surface area (Å²) in [6.07, 6.45) is 5.48. The van der Waals surface area contributed by atoms with Crippen molar-refractivity contribution < 1.29 is 0 Å². The molecule has 0 saturated heterocycles. The van der Waals surface area contributed by atoms with E-state index in [1.54, 1.807) is 11.3 Å². The van der Waals surface area contributed by atoms with Crippen LogP contribution in [0.3, 0.4) is 0 Å². The van der Waals surface area contributed by atoms with Crippen LogP contribution in [0, 0.1) is 6.92 Å². The number of nitrogens with zero attached hydrogens (tertiary/aromatic N) is 2. The van der Waals surface area contributed by atoms with Crippen molar-refractivity contribution in [1.29, 1.82) is 0 Å². The summed E-state index contributed by atoms with van der Waals surface area (Å²) in [7, 11) is 0. The molecule has 0 amide bonds. The van der Waals surface area contributed by atoms with Crippen LogP contribution < -0.4 is 11.1 Å². The van der Waals surface area contributed by atoms with E-state index in [1.165, 1.54) is 30.4 Å². The molecule has 112 valence electrons. The molecule has 3 rings (SSSR count). The lowest BCUT2D eigenvalue weighted by molar-refractivity contribution is 0.912. The van der Waals surface area contributed by atoms with Crippen molar-refractivity contribution in [1.82, 2.24) is 4.98 Å². The first kappa shape index (κ1) is 16.2. The Balaban J connectivity index is 0.00000161. The highest BCUT2D eigenvalue weighted by Gasteiger charge is 2.10. The number of guanidine groups is 1. The van der Waals surface area contributed by atoms with E-state index in [0.717, 1.165) is 15.6 Å². The van der Waals surface area contributed by atoms with Gasteiger partial charge in [-0.2, -0.15) is 0 Å². The summed E-state index contributed by atoms with van der Waals surface area (Å²) in [5.74, 6) is 0.453. The van der Waals surface area contributed by atoms with Crippen molar-refractivity contribution in [3.05, 3.63) is 45.4 Å². The van der Waals surface area contributed by atoms with Crippen molar-refractivity contribution in [3.8, 4) is 0 Å². The summed E-state index contributed by atoms with van der Waals surface area (Å²) >= 11 is 1.65. The van der Waals surface area contributed by atoms with E-state index in [1.807, 2.05) is 13.1 Å². The largest absolute Gasteiger partial charge is 0.370 e. The number of nitrogens with one attached hydrogen (secondary N) is 1. The van der Waals surface area contributed by atoms with Crippen molar-refractivity contribution in [2.24, 2.45) is 10.7 Å². The molecule has 0 atom stereocenters. The lowest BCUT2D eigenvalue weighted by atomic mass is 10.1. The summed E-state index contributed by atoms with van der Waals surface area (Å²) < 4.78 is 0. The molecule has 21 heavy (non-hydrogen) atoms. The zero-order chi connectivity index (χ0) is 13.9. The maximum absolute atomic E-state index is 5.93. The quantitative estimate of drug-likeness (QED) is 0.459. The normalized spacial score (nSPS) is 13.7.